The molecule has 0 radical (unpaired) electrons. The molecule has 2 aromatic rings. The number of anilines is 1. The molecule has 3 rings (SSSR count). The molecule has 0 saturated carbocycles. The van der Waals surface area contributed by atoms with Crippen molar-refractivity contribution in [3.63, 3.8) is 0 Å². The molecule has 0 aliphatic carbocycles. The number of carbonyl (C=O) groups excluding carboxylic acids is 1. The van der Waals surface area contributed by atoms with Gasteiger partial charge >= 0.3 is 0 Å². The molecule has 1 fully saturated rings. The molecule has 1 heterocycles. The van der Waals surface area contributed by atoms with E-state index in [9.17, 15) is 14.9 Å². The van der Waals surface area contributed by atoms with Crippen molar-refractivity contribution in [2.45, 2.75) is 5.37 Å². The molecule has 0 spiro atoms. The predicted molar refractivity (Wildman–Crippen MR) is 88.8 cm³/mol. The summed E-state index contributed by atoms with van der Waals surface area (Å²) in [6.45, 7) is 0. The van der Waals surface area contributed by atoms with Crippen LogP contribution in [-0.4, -0.2) is 23.7 Å². The Kier molecular flexibility index (Phi) is 4.20. The lowest BCUT2D eigenvalue weighted by molar-refractivity contribution is -0.384. The summed E-state index contributed by atoms with van der Waals surface area (Å²) >= 11 is 1.51. The first kappa shape index (κ1) is 15.4. The first-order valence-electron chi connectivity index (χ1n) is 6.92. The smallest absolute Gasteiger partial charge is 0.269 e. The Morgan fingerprint density at radius 2 is 1.83 bits per heavy atom. The Morgan fingerprint density at radius 1 is 1.17 bits per heavy atom. The lowest BCUT2D eigenvalue weighted by atomic mass is 10.1. The van der Waals surface area contributed by atoms with Crippen molar-refractivity contribution in [3.05, 3.63) is 64.2 Å². The minimum atomic E-state index is -0.433. The van der Waals surface area contributed by atoms with Crippen LogP contribution in [0.25, 0.3) is 0 Å². The minimum Gasteiger partial charge on any atom is -0.497 e. The van der Waals surface area contributed by atoms with Gasteiger partial charge in [0.05, 0.1) is 17.8 Å². The van der Waals surface area contributed by atoms with Gasteiger partial charge in [0.15, 0.2) is 0 Å². The number of thioether (sulfide) groups is 1. The van der Waals surface area contributed by atoms with Crippen molar-refractivity contribution in [2.24, 2.45) is 0 Å². The molecule has 1 atom stereocenters. The third kappa shape index (κ3) is 3.00. The molecule has 1 aliphatic heterocycles. The second-order valence-electron chi connectivity index (χ2n) is 4.97. The molecule has 23 heavy (non-hydrogen) atoms. The van der Waals surface area contributed by atoms with Gasteiger partial charge in [0.1, 0.15) is 11.1 Å². The molecule has 7 heteroatoms. The Balaban J connectivity index is 1.91. The Hall–Kier alpha value is -2.54. The molecule has 118 valence electrons. The lowest BCUT2D eigenvalue weighted by Gasteiger charge is -2.24. The van der Waals surface area contributed by atoms with Gasteiger partial charge in [-0.25, -0.2) is 0 Å². The summed E-state index contributed by atoms with van der Waals surface area (Å²) < 4.78 is 5.13. The number of carbonyl (C=O) groups is 1. The molecular formula is C16H14N2O4S. The van der Waals surface area contributed by atoms with E-state index < -0.39 is 4.92 Å². The highest BCUT2D eigenvalue weighted by Crippen LogP contribution is 2.42. The van der Waals surface area contributed by atoms with Crippen LogP contribution in [0.5, 0.6) is 5.75 Å². The van der Waals surface area contributed by atoms with E-state index in [1.165, 1.54) is 23.9 Å². The highest BCUT2D eigenvalue weighted by atomic mass is 32.2. The largest absolute Gasteiger partial charge is 0.497 e. The average molecular weight is 330 g/mol. The molecule has 1 aliphatic rings. The molecule has 1 amide bonds. The van der Waals surface area contributed by atoms with Crippen LogP contribution in [0.15, 0.2) is 48.5 Å². The van der Waals surface area contributed by atoms with E-state index >= 15 is 0 Å². The number of rotatable bonds is 4. The number of benzene rings is 2. The molecule has 0 N–H and O–H groups in total. The summed E-state index contributed by atoms with van der Waals surface area (Å²) in [6, 6.07) is 13.6. The van der Waals surface area contributed by atoms with E-state index in [-0.39, 0.29) is 17.0 Å². The fraction of sp³-hybridized carbons (Fsp3) is 0.188. The van der Waals surface area contributed by atoms with Crippen LogP contribution >= 0.6 is 11.8 Å². The van der Waals surface area contributed by atoms with Crippen molar-refractivity contribution in [1.29, 1.82) is 0 Å². The number of nitrogens with zero attached hydrogens (tertiary/aromatic N) is 2. The van der Waals surface area contributed by atoms with Gasteiger partial charge in [0, 0.05) is 17.8 Å². The Labute approximate surface area is 137 Å². The minimum absolute atomic E-state index is 0.0171. The highest BCUT2D eigenvalue weighted by Gasteiger charge is 2.34. The topological polar surface area (TPSA) is 72.7 Å². The molecule has 0 aromatic heterocycles. The van der Waals surface area contributed by atoms with Gasteiger partial charge in [0.2, 0.25) is 5.91 Å². The van der Waals surface area contributed by atoms with Crippen LogP contribution in [0, 0.1) is 10.1 Å². The normalized spacial score (nSPS) is 17.3. The zero-order valence-electron chi connectivity index (χ0n) is 12.3. The zero-order chi connectivity index (χ0) is 16.4. The molecule has 0 unspecified atom stereocenters. The average Bonchev–Trinajstić information content (AvgIpc) is 2.96. The van der Waals surface area contributed by atoms with Crippen LogP contribution in [0.2, 0.25) is 0 Å². The van der Waals surface area contributed by atoms with Gasteiger partial charge < -0.3 is 4.74 Å². The van der Waals surface area contributed by atoms with Crippen molar-refractivity contribution in [1.82, 2.24) is 0 Å². The third-order valence-electron chi connectivity index (χ3n) is 3.61. The summed E-state index contributed by atoms with van der Waals surface area (Å²) in [5, 5.41) is 10.6. The first-order chi connectivity index (χ1) is 11.1. The van der Waals surface area contributed by atoms with E-state index in [1.54, 1.807) is 36.3 Å². The zero-order valence-corrected chi connectivity index (χ0v) is 13.2. The highest BCUT2D eigenvalue weighted by molar-refractivity contribution is 8.00. The van der Waals surface area contributed by atoms with E-state index in [4.69, 9.17) is 4.74 Å². The quantitative estimate of drug-likeness (QED) is 0.635. The number of amides is 1. The van der Waals surface area contributed by atoms with E-state index in [0.29, 0.717) is 5.75 Å². The van der Waals surface area contributed by atoms with Gasteiger partial charge in [-0.1, -0.05) is 0 Å². The second-order valence-corrected chi connectivity index (χ2v) is 6.04. The number of nitro benzene ring substituents is 1. The number of non-ortho nitro benzene ring substituents is 1. The lowest BCUT2D eigenvalue weighted by Crippen LogP contribution is -2.27. The van der Waals surface area contributed by atoms with Crippen LogP contribution < -0.4 is 9.64 Å². The summed E-state index contributed by atoms with van der Waals surface area (Å²) in [5.41, 5.74) is 1.69. The molecule has 0 bridgehead atoms. The fourth-order valence-corrected chi connectivity index (χ4v) is 3.63. The predicted octanol–water partition coefficient (Wildman–Crippen LogP) is 3.38. The van der Waals surface area contributed by atoms with Crippen molar-refractivity contribution in [3.8, 4) is 5.75 Å². The Morgan fingerprint density at radius 3 is 2.39 bits per heavy atom. The van der Waals surface area contributed by atoms with E-state index in [0.717, 1.165) is 17.0 Å². The van der Waals surface area contributed by atoms with Crippen molar-refractivity contribution < 1.29 is 14.5 Å². The van der Waals surface area contributed by atoms with Crippen molar-refractivity contribution >= 4 is 29.0 Å². The number of ether oxygens (including phenoxy) is 1. The first-order valence-corrected chi connectivity index (χ1v) is 7.97. The monoisotopic (exact) mass is 330 g/mol. The van der Waals surface area contributed by atoms with E-state index in [1.807, 2.05) is 12.1 Å². The number of hydrogen-bond acceptors (Lipinski definition) is 5. The van der Waals surface area contributed by atoms with Gasteiger partial charge in [0.25, 0.3) is 5.69 Å². The number of hydrogen-bond donors (Lipinski definition) is 0. The summed E-state index contributed by atoms with van der Waals surface area (Å²) in [7, 11) is 1.59. The van der Waals surface area contributed by atoms with E-state index in [2.05, 4.69) is 0 Å². The Bertz CT molecular complexity index is 731. The maximum Gasteiger partial charge on any atom is 0.269 e. The van der Waals surface area contributed by atoms with Crippen molar-refractivity contribution in [2.75, 3.05) is 17.8 Å². The van der Waals surface area contributed by atoms with Crippen LogP contribution in [-0.2, 0) is 4.79 Å². The van der Waals surface area contributed by atoms with Gasteiger partial charge in [-0.05, 0) is 42.0 Å². The SMILES string of the molecule is COc1ccc(N2C(=O)CS[C@@H]2c2ccc([N+](=O)[O-])cc2)cc1. The van der Waals surface area contributed by atoms with Crippen LogP contribution in [0.1, 0.15) is 10.9 Å². The van der Waals surface area contributed by atoms with Gasteiger partial charge in [-0.3, -0.25) is 19.8 Å². The maximum absolute atomic E-state index is 12.3. The molecule has 1 saturated heterocycles. The molecule has 2 aromatic carbocycles. The summed E-state index contributed by atoms with van der Waals surface area (Å²) in [4.78, 5) is 24.3. The standard InChI is InChI=1S/C16H14N2O4S/c1-22-14-8-6-12(7-9-14)17-15(19)10-23-16(17)11-2-4-13(5-3-11)18(20)21/h2-9,16H,10H2,1H3/t16-/m1/s1. The summed E-state index contributed by atoms with van der Waals surface area (Å²) in [6.07, 6.45) is 0. The van der Waals surface area contributed by atoms with Crippen LogP contribution in [0.4, 0.5) is 11.4 Å². The number of methoxy groups -OCH3 is 1. The molecule has 6 nitrogen and oxygen atoms in total. The summed E-state index contributed by atoms with van der Waals surface area (Å²) in [5.74, 6) is 1.12. The van der Waals surface area contributed by atoms with Crippen LogP contribution in [0.3, 0.4) is 0 Å². The number of nitro groups is 1. The molecular weight excluding hydrogens is 316 g/mol. The van der Waals surface area contributed by atoms with Gasteiger partial charge in [-0.15, -0.1) is 11.8 Å². The second kappa shape index (κ2) is 6.29. The maximum atomic E-state index is 12.3. The van der Waals surface area contributed by atoms with Gasteiger partial charge in [-0.2, -0.15) is 0 Å². The fourth-order valence-electron chi connectivity index (χ4n) is 2.45. The third-order valence-corrected chi connectivity index (χ3v) is 4.82.